The van der Waals surface area contributed by atoms with Crippen molar-refractivity contribution >= 4 is 11.7 Å². The summed E-state index contributed by atoms with van der Waals surface area (Å²) in [4.78, 5) is 22.0. The molecule has 0 aliphatic heterocycles. The molecule has 16 heavy (non-hydrogen) atoms. The summed E-state index contributed by atoms with van der Waals surface area (Å²) in [5.74, 6) is 0.145. The van der Waals surface area contributed by atoms with Crippen LogP contribution in [-0.2, 0) is 11.2 Å². The molecule has 3 nitrogen and oxygen atoms in total. The molecule has 3 heteroatoms. The van der Waals surface area contributed by atoms with Gasteiger partial charge in [-0.25, -0.2) is 0 Å². The number of hydrogen-bond acceptors (Lipinski definition) is 2. The van der Waals surface area contributed by atoms with Crippen LogP contribution in [0.4, 0.5) is 0 Å². The summed E-state index contributed by atoms with van der Waals surface area (Å²) in [5.41, 5.74) is 1.85. The van der Waals surface area contributed by atoms with Crippen LogP contribution in [0.3, 0.4) is 0 Å². The molecular weight excluding hydrogens is 202 g/mol. The van der Waals surface area contributed by atoms with Crippen molar-refractivity contribution in [3.05, 3.63) is 35.4 Å². The summed E-state index contributed by atoms with van der Waals surface area (Å²) >= 11 is 0. The number of nitrogens with one attached hydrogen (secondary N) is 1. The zero-order chi connectivity index (χ0) is 12.0. The van der Waals surface area contributed by atoms with E-state index in [0.29, 0.717) is 13.0 Å². The Bertz CT molecular complexity index is 368. The van der Waals surface area contributed by atoms with Gasteiger partial charge in [0.1, 0.15) is 0 Å². The predicted octanol–water partition coefficient (Wildman–Crippen LogP) is 1.96. The minimum Gasteiger partial charge on any atom is -0.356 e. The molecule has 1 aromatic rings. The summed E-state index contributed by atoms with van der Waals surface area (Å²) < 4.78 is 0. The first-order valence-electron chi connectivity index (χ1n) is 5.50. The van der Waals surface area contributed by atoms with Crippen LogP contribution in [0, 0.1) is 0 Å². The van der Waals surface area contributed by atoms with E-state index >= 15 is 0 Å². The Hall–Kier alpha value is -1.64. The molecule has 0 unspecified atom stereocenters. The molecule has 0 heterocycles. The van der Waals surface area contributed by atoms with Crippen LogP contribution in [0.5, 0.6) is 0 Å². The van der Waals surface area contributed by atoms with Gasteiger partial charge >= 0.3 is 0 Å². The summed E-state index contributed by atoms with van der Waals surface area (Å²) in [7, 11) is 0. The fraction of sp³-hybridized carbons (Fsp3) is 0.385. The molecule has 0 aliphatic rings. The Morgan fingerprint density at radius 3 is 2.31 bits per heavy atom. The van der Waals surface area contributed by atoms with E-state index < -0.39 is 0 Å². The molecule has 1 amide bonds. The van der Waals surface area contributed by atoms with Crippen molar-refractivity contribution in [1.82, 2.24) is 5.32 Å². The summed E-state index contributed by atoms with van der Waals surface area (Å²) in [6, 6.07) is 7.49. The number of amides is 1. The van der Waals surface area contributed by atoms with Gasteiger partial charge in [-0.15, -0.1) is 0 Å². The first-order valence-corrected chi connectivity index (χ1v) is 5.50. The van der Waals surface area contributed by atoms with Crippen molar-refractivity contribution in [2.45, 2.75) is 26.7 Å². The first kappa shape index (κ1) is 12.4. The van der Waals surface area contributed by atoms with Crippen LogP contribution in [0.1, 0.15) is 36.2 Å². The lowest BCUT2D eigenvalue weighted by Crippen LogP contribution is -2.24. The second-order valence-corrected chi connectivity index (χ2v) is 3.71. The minimum absolute atomic E-state index is 0.0698. The maximum Gasteiger partial charge on any atom is 0.219 e. The van der Waals surface area contributed by atoms with Crippen molar-refractivity contribution < 1.29 is 9.59 Å². The van der Waals surface area contributed by atoms with Crippen LogP contribution in [-0.4, -0.2) is 18.2 Å². The van der Waals surface area contributed by atoms with Gasteiger partial charge in [0.25, 0.3) is 0 Å². The van der Waals surface area contributed by atoms with Crippen LogP contribution in [0.2, 0.25) is 0 Å². The molecule has 0 saturated heterocycles. The highest BCUT2D eigenvalue weighted by atomic mass is 16.1. The number of ketones is 1. The Labute approximate surface area is 95.9 Å². The Morgan fingerprint density at radius 2 is 1.81 bits per heavy atom. The van der Waals surface area contributed by atoms with Crippen LogP contribution >= 0.6 is 0 Å². The van der Waals surface area contributed by atoms with Gasteiger partial charge < -0.3 is 5.32 Å². The molecule has 1 aromatic carbocycles. The van der Waals surface area contributed by atoms with Crippen molar-refractivity contribution in [3.63, 3.8) is 0 Å². The van der Waals surface area contributed by atoms with Gasteiger partial charge in [-0.1, -0.05) is 31.2 Å². The third-order valence-electron chi connectivity index (χ3n) is 2.42. The maximum atomic E-state index is 11.0. The quantitative estimate of drug-likeness (QED) is 0.769. The van der Waals surface area contributed by atoms with Crippen LogP contribution in [0.25, 0.3) is 0 Å². The Balaban J connectivity index is 2.43. The average Bonchev–Trinajstić information content (AvgIpc) is 2.29. The van der Waals surface area contributed by atoms with E-state index in [4.69, 9.17) is 0 Å². The molecule has 0 aromatic heterocycles. The number of carbonyl (C=O) groups excluding carboxylic acids is 2. The van der Waals surface area contributed by atoms with E-state index in [1.165, 1.54) is 0 Å². The number of rotatable bonds is 5. The SMILES string of the molecule is CCC(=O)NCCc1ccc(C(C)=O)cc1. The van der Waals surface area contributed by atoms with Crippen LogP contribution < -0.4 is 5.32 Å². The molecule has 0 fully saturated rings. The topological polar surface area (TPSA) is 46.2 Å². The smallest absolute Gasteiger partial charge is 0.219 e. The molecule has 0 spiro atoms. The highest BCUT2D eigenvalue weighted by Crippen LogP contribution is 2.05. The molecule has 0 radical (unpaired) electrons. The second-order valence-electron chi connectivity index (χ2n) is 3.71. The summed E-state index contributed by atoms with van der Waals surface area (Å²) in [6.45, 7) is 4.03. The van der Waals surface area contributed by atoms with E-state index in [1.54, 1.807) is 6.92 Å². The largest absolute Gasteiger partial charge is 0.356 e. The zero-order valence-corrected chi connectivity index (χ0v) is 9.75. The fourth-order valence-corrected chi connectivity index (χ4v) is 1.38. The lowest BCUT2D eigenvalue weighted by molar-refractivity contribution is -0.120. The highest BCUT2D eigenvalue weighted by molar-refractivity contribution is 5.94. The van der Waals surface area contributed by atoms with E-state index in [0.717, 1.165) is 17.5 Å². The summed E-state index contributed by atoms with van der Waals surface area (Å²) in [6.07, 6.45) is 1.31. The van der Waals surface area contributed by atoms with Crippen molar-refractivity contribution in [3.8, 4) is 0 Å². The third-order valence-corrected chi connectivity index (χ3v) is 2.42. The van der Waals surface area contributed by atoms with Gasteiger partial charge in [-0.2, -0.15) is 0 Å². The van der Waals surface area contributed by atoms with Crippen LogP contribution in [0.15, 0.2) is 24.3 Å². The second kappa shape index (κ2) is 6.05. The monoisotopic (exact) mass is 219 g/mol. The third kappa shape index (κ3) is 3.85. The number of hydrogen-bond donors (Lipinski definition) is 1. The number of benzene rings is 1. The van der Waals surface area contributed by atoms with E-state index in [9.17, 15) is 9.59 Å². The molecular formula is C13H17NO2. The Kier molecular flexibility index (Phi) is 4.70. The van der Waals surface area contributed by atoms with Gasteiger partial charge in [0.15, 0.2) is 5.78 Å². The predicted molar refractivity (Wildman–Crippen MR) is 63.5 cm³/mol. The maximum absolute atomic E-state index is 11.0. The number of carbonyl (C=O) groups is 2. The zero-order valence-electron chi connectivity index (χ0n) is 9.75. The number of Topliss-reactive ketones (excluding diaryl/α,β-unsaturated/α-hetero) is 1. The molecule has 1 N–H and O–H groups in total. The standard InChI is InChI=1S/C13H17NO2/c1-3-13(16)14-9-8-11-4-6-12(7-5-11)10(2)15/h4-7H,3,8-9H2,1-2H3,(H,14,16). The molecule has 0 aliphatic carbocycles. The molecule has 1 rings (SSSR count). The molecule has 0 saturated carbocycles. The molecule has 0 bridgehead atoms. The minimum atomic E-state index is 0.0698. The van der Waals surface area contributed by atoms with Gasteiger partial charge in [-0.05, 0) is 18.9 Å². The lowest BCUT2D eigenvalue weighted by atomic mass is 10.1. The van der Waals surface area contributed by atoms with Gasteiger partial charge in [0.05, 0.1) is 0 Å². The Morgan fingerprint density at radius 1 is 1.19 bits per heavy atom. The summed E-state index contributed by atoms with van der Waals surface area (Å²) in [5, 5.41) is 2.81. The van der Waals surface area contributed by atoms with Gasteiger partial charge in [0, 0.05) is 18.5 Å². The molecule has 0 atom stereocenters. The van der Waals surface area contributed by atoms with Gasteiger partial charge in [-0.3, -0.25) is 9.59 Å². The van der Waals surface area contributed by atoms with Crippen molar-refractivity contribution in [1.29, 1.82) is 0 Å². The van der Waals surface area contributed by atoms with Crippen molar-refractivity contribution in [2.75, 3.05) is 6.54 Å². The van der Waals surface area contributed by atoms with E-state index in [-0.39, 0.29) is 11.7 Å². The lowest BCUT2D eigenvalue weighted by Gasteiger charge is -2.04. The van der Waals surface area contributed by atoms with Crippen molar-refractivity contribution in [2.24, 2.45) is 0 Å². The van der Waals surface area contributed by atoms with E-state index in [1.807, 2.05) is 31.2 Å². The molecule has 86 valence electrons. The highest BCUT2D eigenvalue weighted by Gasteiger charge is 2.00. The van der Waals surface area contributed by atoms with Gasteiger partial charge in [0.2, 0.25) is 5.91 Å². The fourth-order valence-electron chi connectivity index (χ4n) is 1.38. The normalized spacial score (nSPS) is 9.88. The first-order chi connectivity index (χ1) is 7.63. The average molecular weight is 219 g/mol. The van der Waals surface area contributed by atoms with E-state index in [2.05, 4.69) is 5.32 Å².